The Balaban J connectivity index is 1.68. The van der Waals surface area contributed by atoms with Crippen LogP contribution in [0.5, 0.6) is 0 Å². The zero-order valence-electron chi connectivity index (χ0n) is 15.9. The Hall–Kier alpha value is -2.96. The Morgan fingerprint density at radius 3 is 2.74 bits per heavy atom. The van der Waals surface area contributed by atoms with Crippen LogP contribution in [0.4, 0.5) is 0 Å². The average molecular weight is 367 g/mol. The van der Waals surface area contributed by atoms with Gasteiger partial charge in [0, 0.05) is 30.7 Å². The predicted molar refractivity (Wildman–Crippen MR) is 104 cm³/mol. The van der Waals surface area contributed by atoms with E-state index in [-0.39, 0.29) is 29.2 Å². The molecule has 7 nitrogen and oxygen atoms in total. The van der Waals surface area contributed by atoms with Crippen LogP contribution in [0.25, 0.3) is 10.9 Å². The molecular formula is C20H25N5O2. The molecule has 0 aliphatic carbocycles. The standard InChI is InChI=1S/C20H25N5O2/c1-20(2,3)18(13-24-11-9-21-14-24)23-19(27)8-10-25-16-7-5-4-6-15(16)17(26)12-22-25/h4-7,9,11-12,14,18H,8,10,13H2,1-3H3,(H,23,27)/t18-/m0/s1. The monoisotopic (exact) mass is 367 g/mol. The highest BCUT2D eigenvalue weighted by molar-refractivity contribution is 5.79. The summed E-state index contributed by atoms with van der Waals surface area (Å²) in [6.45, 7) is 7.38. The van der Waals surface area contributed by atoms with Gasteiger partial charge in [-0.25, -0.2) is 4.98 Å². The number of nitrogens with zero attached hydrogens (tertiary/aromatic N) is 4. The number of hydrogen-bond acceptors (Lipinski definition) is 4. The molecule has 1 atom stereocenters. The molecule has 3 rings (SSSR count). The first-order chi connectivity index (χ1) is 12.8. The minimum atomic E-state index is -0.112. The Morgan fingerprint density at radius 1 is 1.26 bits per heavy atom. The highest BCUT2D eigenvalue weighted by Crippen LogP contribution is 2.21. The molecule has 0 aliphatic heterocycles. The molecule has 7 heteroatoms. The second kappa shape index (κ2) is 7.73. The number of fused-ring (bicyclic) bond motifs is 1. The van der Waals surface area contributed by atoms with E-state index in [4.69, 9.17) is 0 Å². The lowest BCUT2D eigenvalue weighted by Crippen LogP contribution is -2.46. The number of para-hydroxylation sites is 1. The molecule has 2 aromatic heterocycles. The van der Waals surface area contributed by atoms with Crippen LogP contribution in [0.2, 0.25) is 0 Å². The molecule has 0 bridgehead atoms. The molecule has 0 radical (unpaired) electrons. The van der Waals surface area contributed by atoms with Crippen molar-refractivity contribution >= 4 is 16.8 Å². The van der Waals surface area contributed by atoms with Gasteiger partial charge in [0.25, 0.3) is 0 Å². The van der Waals surface area contributed by atoms with Crippen molar-refractivity contribution in [3.05, 3.63) is 59.4 Å². The maximum Gasteiger partial charge on any atom is 0.222 e. The third-order valence-corrected chi connectivity index (χ3v) is 4.65. The zero-order chi connectivity index (χ0) is 19.4. The van der Waals surface area contributed by atoms with Crippen molar-refractivity contribution in [2.45, 2.75) is 46.3 Å². The first-order valence-electron chi connectivity index (χ1n) is 9.04. The Kier molecular flexibility index (Phi) is 5.39. The molecule has 1 N–H and O–H groups in total. The molecule has 0 unspecified atom stereocenters. The summed E-state index contributed by atoms with van der Waals surface area (Å²) >= 11 is 0. The van der Waals surface area contributed by atoms with E-state index >= 15 is 0 Å². The highest BCUT2D eigenvalue weighted by Gasteiger charge is 2.26. The molecular weight excluding hydrogens is 342 g/mol. The number of rotatable bonds is 6. The van der Waals surface area contributed by atoms with Crippen molar-refractivity contribution in [3.63, 3.8) is 0 Å². The summed E-state index contributed by atoms with van der Waals surface area (Å²) < 4.78 is 3.67. The van der Waals surface area contributed by atoms with Crippen LogP contribution in [-0.4, -0.2) is 31.3 Å². The number of hydrogen-bond donors (Lipinski definition) is 1. The van der Waals surface area contributed by atoms with Crippen LogP contribution in [0.3, 0.4) is 0 Å². The summed E-state index contributed by atoms with van der Waals surface area (Å²) in [6, 6.07) is 7.28. The van der Waals surface area contributed by atoms with Crippen molar-refractivity contribution in [1.29, 1.82) is 0 Å². The van der Waals surface area contributed by atoms with Gasteiger partial charge >= 0.3 is 0 Å². The largest absolute Gasteiger partial charge is 0.351 e. The van der Waals surface area contributed by atoms with Crippen LogP contribution in [-0.2, 0) is 17.9 Å². The quantitative estimate of drug-likeness (QED) is 0.724. The van der Waals surface area contributed by atoms with Crippen LogP contribution in [0.15, 0.2) is 54.0 Å². The van der Waals surface area contributed by atoms with Crippen molar-refractivity contribution in [3.8, 4) is 0 Å². The summed E-state index contributed by atoms with van der Waals surface area (Å²) in [5.41, 5.74) is 0.533. The summed E-state index contributed by atoms with van der Waals surface area (Å²) in [5, 5.41) is 7.93. The van der Waals surface area contributed by atoms with E-state index in [0.717, 1.165) is 5.52 Å². The molecule has 142 valence electrons. The Bertz CT molecular complexity index is 970. The third-order valence-electron chi connectivity index (χ3n) is 4.65. The molecule has 0 saturated carbocycles. The lowest BCUT2D eigenvalue weighted by atomic mass is 9.86. The summed E-state index contributed by atoms with van der Waals surface area (Å²) in [4.78, 5) is 28.5. The molecule has 3 aromatic rings. The molecule has 0 spiro atoms. The van der Waals surface area contributed by atoms with Gasteiger partial charge < -0.3 is 9.88 Å². The molecule has 2 heterocycles. The van der Waals surface area contributed by atoms with E-state index < -0.39 is 0 Å². The van der Waals surface area contributed by atoms with Crippen LogP contribution in [0.1, 0.15) is 27.2 Å². The maximum atomic E-state index is 12.6. The van der Waals surface area contributed by atoms with Gasteiger partial charge in [-0.05, 0) is 17.5 Å². The smallest absolute Gasteiger partial charge is 0.222 e. The summed E-state index contributed by atoms with van der Waals surface area (Å²) in [6.07, 6.45) is 6.96. The van der Waals surface area contributed by atoms with E-state index in [2.05, 4.69) is 36.2 Å². The fraction of sp³-hybridized carbons (Fsp3) is 0.400. The number of nitrogens with one attached hydrogen (secondary N) is 1. The minimum Gasteiger partial charge on any atom is -0.351 e. The van der Waals surface area contributed by atoms with E-state index in [1.54, 1.807) is 23.3 Å². The molecule has 1 aromatic carbocycles. The van der Waals surface area contributed by atoms with Crippen LogP contribution in [0, 0.1) is 5.41 Å². The van der Waals surface area contributed by atoms with Gasteiger partial charge in [0.1, 0.15) is 0 Å². The predicted octanol–water partition coefficient (Wildman–Crippen LogP) is 2.21. The summed E-state index contributed by atoms with van der Waals surface area (Å²) in [7, 11) is 0. The Morgan fingerprint density at radius 2 is 2.04 bits per heavy atom. The molecule has 0 fully saturated rings. The van der Waals surface area contributed by atoms with Crippen molar-refractivity contribution in [1.82, 2.24) is 24.6 Å². The molecule has 0 aliphatic rings. The Labute approximate surface area is 158 Å². The van der Waals surface area contributed by atoms with Crippen LogP contribution < -0.4 is 10.7 Å². The summed E-state index contributed by atoms with van der Waals surface area (Å²) in [5.74, 6) is -0.0420. The molecule has 27 heavy (non-hydrogen) atoms. The van der Waals surface area contributed by atoms with E-state index in [1.165, 1.54) is 6.20 Å². The topological polar surface area (TPSA) is 81.8 Å². The number of benzene rings is 1. The van der Waals surface area contributed by atoms with Gasteiger partial charge in [-0.2, -0.15) is 5.10 Å². The SMILES string of the molecule is CC(C)(C)[C@H](Cn1ccnc1)NC(=O)CCn1ncc(=O)c2ccccc21. The van der Waals surface area contributed by atoms with Gasteiger partial charge in [0.15, 0.2) is 0 Å². The zero-order valence-corrected chi connectivity index (χ0v) is 15.9. The first kappa shape index (κ1) is 18.8. The molecule has 0 saturated heterocycles. The fourth-order valence-electron chi connectivity index (χ4n) is 2.95. The number of aryl methyl sites for hydroxylation is 1. The van der Waals surface area contributed by atoms with E-state index in [0.29, 0.717) is 18.5 Å². The van der Waals surface area contributed by atoms with Gasteiger partial charge in [0.05, 0.1) is 30.6 Å². The van der Waals surface area contributed by atoms with E-state index in [1.807, 2.05) is 29.0 Å². The van der Waals surface area contributed by atoms with Gasteiger partial charge in [0.2, 0.25) is 11.3 Å². The minimum absolute atomic E-state index is 0.0297. The van der Waals surface area contributed by atoms with Gasteiger partial charge in [-0.1, -0.05) is 32.9 Å². The number of amides is 1. The number of carbonyl (C=O) groups is 1. The highest BCUT2D eigenvalue weighted by atomic mass is 16.1. The third kappa shape index (κ3) is 4.61. The fourth-order valence-corrected chi connectivity index (χ4v) is 2.95. The molecule has 1 amide bonds. The number of carbonyl (C=O) groups excluding carboxylic acids is 1. The van der Waals surface area contributed by atoms with E-state index in [9.17, 15) is 9.59 Å². The normalized spacial score (nSPS) is 12.9. The van der Waals surface area contributed by atoms with Crippen molar-refractivity contribution < 1.29 is 4.79 Å². The number of aromatic nitrogens is 4. The maximum absolute atomic E-state index is 12.6. The van der Waals surface area contributed by atoms with Crippen LogP contribution >= 0.6 is 0 Å². The van der Waals surface area contributed by atoms with Gasteiger partial charge in [-0.15, -0.1) is 0 Å². The lowest BCUT2D eigenvalue weighted by Gasteiger charge is -2.32. The van der Waals surface area contributed by atoms with Crippen molar-refractivity contribution in [2.24, 2.45) is 5.41 Å². The van der Waals surface area contributed by atoms with Crippen molar-refractivity contribution in [2.75, 3.05) is 0 Å². The lowest BCUT2D eigenvalue weighted by molar-refractivity contribution is -0.123. The number of imidazole rings is 1. The average Bonchev–Trinajstić information content (AvgIpc) is 3.13. The first-order valence-corrected chi connectivity index (χ1v) is 9.04. The second-order valence-electron chi connectivity index (χ2n) is 7.74. The second-order valence-corrected chi connectivity index (χ2v) is 7.74. The van der Waals surface area contributed by atoms with Gasteiger partial charge in [-0.3, -0.25) is 14.3 Å².